The zero-order valence-corrected chi connectivity index (χ0v) is 19.0. The second-order valence-electron chi connectivity index (χ2n) is 7.77. The van der Waals surface area contributed by atoms with Gasteiger partial charge in [0, 0.05) is 23.8 Å². The summed E-state index contributed by atoms with van der Waals surface area (Å²) in [6, 6.07) is 11.0. The number of nitrogens with zero attached hydrogens (tertiary/aromatic N) is 2. The molecule has 10 heteroatoms. The average Bonchev–Trinajstić information content (AvgIpc) is 3.07. The van der Waals surface area contributed by atoms with Gasteiger partial charge in [-0.25, -0.2) is 8.42 Å². The van der Waals surface area contributed by atoms with Crippen molar-refractivity contribution in [2.24, 2.45) is 0 Å². The van der Waals surface area contributed by atoms with Crippen molar-refractivity contribution >= 4 is 44.8 Å². The van der Waals surface area contributed by atoms with Crippen LogP contribution in [0.15, 0.2) is 47.4 Å². The van der Waals surface area contributed by atoms with Crippen LogP contribution in [0, 0.1) is 0 Å². The molecule has 170 valence electrons. The molecular weight excluding hydrogens is 454 g/mol. The number of amides is 2. The predicted molar refractivity (Wildman–Crippen MR) is 122 cm³/mol. The molecule has 1 saturated heterocycles. The molecule has 2 aliphatic rings. The first-order chi connectivity index (χ1) is 15.3. The van der Waals surface area contributed by atoms with Crippen molar-refractivity contribution in [3.05, 3.63) is 47.5 Å². The zero-order valence-electron chi connectivity index (χ0n) is 17.4. The Morgan fingerprint density at radius 2 is 1.72 bits per heavy atom. The van der Waals surface area contributed by atoms with Crippen molar-refractivity contribution in [3.8, 4) is 5.75 Å². The van der Waals surface area contributed by atoms with E-state index in [2.05, 4.69) is 5.32 Å². The number of hydrogen-bond acceptors (Lipinski definition) is 5. The standard InChI is InChI=1S/C22H24ClN3O5S/c23-16-5-7-17(8-6-16)24-21(27)14-26-19-13-18(9-10-20(19)31-15-22(26)28)32(29,30)25-11-3-1-2-4-12-25/h5-10,13H,1-4,11-12,14-15H2,(H,24,27). The van der Waals surface area contributed by atoms with E-state index >= 15 is 0 Å². The van der Waals surface area contributed by atoms with Crippen molar-refractivity contribution in [3.63, 3.8) is 0 Å². The summed E-state index contributed by atoms with van der Waals surface area (Å²) in [5.41, 5.74) is 0.807. The van der Waals surface area contributed by atoms with Gasteiger partial charge in [0.25, 0.3) is 5.91 Å². The van der Waals surface area contributed by atoms with Gasteiger partial charge in [-0.05, 0) is 55.3 Å². The van der Waals surface area contributed by atoms with Crippen LogP contribution in [0.1, 0.15) is 25.7 Å². The van der Waals surface area contributed by atoms with E-state index in [-0.39, 0.29) is 23.7 Å². The Labute approximate surface area is 192 Å². The second kappa shape index (κ2) is 9.48. The van der Waals surface area contributed by atoms with Crippen LogP contribution in [0.2, 0.25) is 5.02 Å². The molecule has 1 N–H and O–H groups in total. The van der Waals surface area contributed by atoms with E-state index in [9.17, 15) is 18.0 Å². The van der Waals surface area contributed by atoms with Crippen LogP contribution >= 0.6 is 11.6 Å². The number of sulfonamides is 1. The maximum absolute atomic E-state index is 13.2. The summed E-state index contributed by atoms with van der Waals surface area (Å²) in [5, 5.41) is 3.25. The fourth-order valence-electron chi connectivity index (χ4n) is 3.82. The SMILES string of the molecule is O=C(CN1C(=O)COc2ccc(S(=O)(=O)N3CCCCCC3)cc21)Nc1ccc(Cl)cc1. The van der Waals surface area contributed by atoms with Crippen molar-refractivity contribution in [1.82, 2.24) is 4.31 Å². The topological polar surface area (TPSA) is 96.0 Å². The molecule has 2 aromatic rings. The largest absolute Gasteiger partial charge is 0.482 e. The van der Waals surface area contributed by atoms with Crippen molar-refractivity contribution in [1.29, 1.82) is 0 Å². The molecule has 0 aromatic heterocycles. The Hall–Kier alpha value is -2.62. The van der Waals surface area contributed by atoms with Crippen LogP contribution in [0.4, 0.5) is 11.4 Å². The third-order valence-electron chi connectivity index (χ3n) is 5.51. The lowest BCUT2D eigenvalue weighted by Gasteiger charge is -2.30. The summed E-state index contributed by atoms with van der Waals surface area (Å²) in [6.07, 6.45) is 3.66. The van der Waals surface area contributed by atoms with E-state index in [0.717, 1.165) is 25.7 Å². The molecule has 32 heavy (non-hydrogen) atoms. The second-order valence-corrected chi connectivity index (χ2v) is 10.1. The van der Waals surface area contributed by atoms with E-state index in [0.29, 0.717) is 29.5 Å². The molecule has 0 unspecified atom stereocenters. The van der Waals surface area contributed by atoms with Crippen molar-refractivity contribution in [2.45, 2.75) is 30.6 Å². The number of hydrogen-bond donors (Lipinski definition) is 1. The Balaban J connectivity index is 1.58. The van der Waals surface area contributed by atoms with Gasteiger partial charge >= 0.3 is 0 Å². The van der Waals surface area contributed by atoms with Gasteiger partial charge < -0.3 is 10.1 Å². The van der Waals surface area contributed by atoms with E-state index in [1.807, 2.05) is 0 Å². The normalized spacial score (nSPS) is 17.3. The summed E-state index contributed by atoms with van der Waals surface area (Å²) in [4.78, 5) is 26.5. The van der Waals surface area contributed by atoms with Crippen LogP contribution in [0.3, 0.4) is 0 Å². The lowest BCUT2D eigenvalue weighted by molar-refractivity contribution is -0.123. The fraction of sp³-hybridized carbons (Fsp3) is 0.364. The minimum Gasteiger partial charge on any atom is -0.482 e. The zero-order chi connectivity index (χ0) is 22.7. The number of rotatable bonds is 5. The summed E-state index contributed by atoms with van der Waals surface area (Å²) in [7, 11) is -3.71. The number of carbonyl (C=O) groups is 2. The molecule has 2 heterocycles. The Morgan fingerprint density at radius 1 is 1.03 bits per heavy atom. The van der Waals surface area contributed by atoms with Gasteiger partial charge in [-0.15, -0.1) is 0 Å². The molecule has 8 nitrogen and oxygen atoms in total. The molecule has 0 bridgehead atoms. The minimum absolute atomic E-state index is 0.0829. The number of ether oxygens (including phenoxy) is 1. The first-order valence-corrected chi connectivity index (χ1v) is 12.3. The van der Waals surface area contributed by atoms with Crippen molar-refractivity contribution in [2.75, 3.05) is 36.5 Å². The van der Waals surface area contributed by atoms with Crippen LogP contribution < -0.4 is 15.0 Å². The van der Waals surface area contributed by atoms with Gasteiger partial charge in [-0.2, -0.15) is 4.31 Å². The number of nitrogens with one attached hydrogen (secondary N) is 1. The van der Waals surface area contributed by atoms with Gasteiger partial charge in [0.1, 0.15) is 12.3 Å². The molecule has 2 aliphatic heterocycles. The van der Waals surface area contributed by atoms with Gasteiger partial charge in [-0.3, -0.25) is 14.5 Å². The lowest BCUT2D eigenvalue weighted by Crippen LogP contribution is -2.43. The average molecular weight is 478 g/mol. The Bertz CT molecular complexity index is 1110. The Kier molecular flexibility index (Phi) is 6.68. The lowest BCUT2D eigenvalue weighted by atomic mass is 10.2. The van der Waals surface area contributed by atoms with Gasteiger partial charge in [0.2, 0.25) is 15.9 Å². The molecule has 0 radical (unpaired) electrons. The number of benzene rings is 2. The summed E-state index contributed by atoms with van der Waals surface area (Å²) in [5.74, 6) is -0.485. The maximum atomic E-state index is 13.2. The van der Waals surface area contributed by atoms with Crippen LogP contribution in [-0.4, -0.2) is 50.8 Å². The summed E-state index contributed by atoms with van der Waals surface area (Å²) >= 11 is 5.86. The van der Waals surface area contributed by atoms with Crippen molar-refractivity contribution < 1.29 is 22.7 Å². The number of halogens is 1. The quantitative estimate of drug-likeness (QED) is 0.713. The number of fused-ring (bicyclic) bond motifs is 1. The van der Waals surface area contributed by atoms with E-state index in [4.69, 9.17) is 16.3 Å². The molecule has 0 saturated carbocycles. The smallest absolute Gasteiger partial charge is 0.265 e. The molecule has 0 aliphatic carbocycles. The minimum atomic E-state index is -3.71. The van der Waals surface area contributed by atoms with E-state index < -0.39 is 21.8 Å². The summed E-state index contributed by atoms with van der Waals surface area (Å²) < 4.78 is 33.3. The van der Waals surface area contributed by atoms with Gasteiger partial charge in [0.05, 0.1) is 10.6 Å². The highest BCUT2D eigenvalue weighted by Crippen LogP contribution is 2.35. The fourth-order valence-corrected chi connectivity index (χ4v) is 5.49. The van der Waals surface area contributed by atoms with Crippen LogP contribution in [-0.2, 0) is 19.6 Å². The molecular formula is C22H24ClN3O5S. The number of anilines is 2. The highest BCUT2D eigenvalue weighted by atomic mass is 35.5. The van der Waals surface area contributed by atoms with Crippen LogP contribution in [0.5, 0.6) is 5.75 Å². The highest BCUT2D eigenvalue weighted by molar-refractivity contribution is 7.89. The molecule has 0 atom stereocenters. The predicted octanol–water partition coefficient (Wildman–Crippen LogP) is 3.27. The Morgan fingerprint density at radius 3 is 2.41 bits per heavy atom. The molecule has 2 amide bonds. The first-order valence-electron chi connectivity index (χ1n) is 10.5. The highest BCUT2D eigenvalue weighted by Gasteiger charge is 2.31. The first kappa shape index (κ1) is 22.6. The van der Waals surface area contributed by atoms with Gasteiger partial charge in [0.15, 0.2) is 6.61 Å². The molecule has 2 aromatic carbocycles. The number of carbonyl (C=O) groups excluding carboxylic acids is 2. The molecule has 0 spiro atoms. The molecule has 1 fully saturated rings. The van der Waals surface area contributed by atoms with E-state index in [1.54, 1.807) is 24.3 Å². The third-order valence-corrected chi connectivity index (χ3v) is 7.65. The summed E-state index contributed by atoms with van der Waals surface area (Å²) in [6.45, 7) is 0.453. The van der Waals surface area contributed by atoms with Gasteiger partial charge in [-0.1, -0.05) is 24.4 Å². The monoisotopic (exact) mass is 477 g/mol. The molecule has 4 rings (SSSR count). The van der Waals surface area contributed by atoms with Crippen LogP contribution in [0.25, 0.3) is 0 Å². The maximum Gasteiger partial charge on any atom is 0.265 e. The van der Waals surface area contributed by atoms with E-state index in [1.165, 1.54) is 27.4 Å². The third kappa shape index (κ3) is 4.90.